The summed E-state index contributed by atoms with van der Waals surface area (Å²) in [5.41, 5.74) is -0.0796. The zero-order valence-electron chi connectivity index (χ0n) is 17.9. The van der Waals surface area contributed by atoms with Gasteiger partial charge in [0.25, 0.3) is 6.41 Å². The Balaban J connectivity index is 1.55. The zero-order chi connectivity index (χ0) is 21.6. The van der Waals surface area contributed by atoms with Crippen LogP contribution in [0.1, 0.15) is 40.0 Å². The summed E-state index contributed by atoms with van der Waals surface area (Å²) in [5, 5.41) is 16.5. The van der Waals surface area contributed by atoms with Crippen LogP contribution in [0.2, 0.25) is 0 Å². The molecule has 0 aromatic heterocycles. The molecule has 1 saturated carbocycles. The van der Waals surface area contributed by atoms with Crippen molar-refractivity contribution in [2.24, 2.45) is 10.8 Å². The van der Waals surface area contributed by atoms with Crippen LogP contribution in [0.4, 0.5) is 4.79 Å². The van der Waals surface area contributed by atoms with Crippen molar-refractivity contribution in [3.05, 3.63) is 60.7 Å². The van der Waals surface area contributed by atoms with Gasteiger partial charge in [-0.3, -0.25) is 5.32 Å². The third-order valence-electron chi connectivity index (χ3n) is 5.43. The highest BCUT2D eigenvalue weighted by Gasteiger charge is 2.42. The summed E-state index contributed by atoms with van der Waals surface area (Å²) in [6, 6.07) is 18.3. The minimum Gasteiger partial charge on any atom is -0.451 e. The van der Waals surface area contributed by atoms with Gasteiger partial charge in [-0.25, -0.2) is 4.79 Å². The van der Waals surface area contributed by atoms with Crippen molar-refractivity contribution < 1.29 is 19.4 Å². The molecule has 1 fully saturated rings. The van der Waals surface area contributed by atoms with Crippen LogP contribution in [0.15, 0.2) is 60.7 Å². The number of aliphatic hydroxyl groups is 1. The van der Waals surface area contributed by atoms with Gasteiger partial charge in [-0.15, -0.1) is 0 Å². The standard InChI is InChI=1S/C24H32N2O4/c1-23(2)14-18(26-22(28)30-20-12-8-5-9-13-20)15-24(3,16-23)17-25-21(27)29-19-10-6-4-7-11-19/h4-13,18,22,26,28H,14-17H2,1-3H3,(H,25,27). The number of hydrogen-bond acceptors (Lipinski definition) is 5. The molecule has 0 saturated heterocycles. The van der Waals surface area contributed by atoms with Crippen molar-refractivity contribution in [3.8, 4) is 11.5 Å². The quantitative estimate of drug-likeness (QED) is 0.591. The number of carbonyl (C=O) groups excluding carboxylic acids is 1. The Kier molecular flexibility index (Phi) is 7.00. The number of ether oxygens (including phenoxy) is 2. The topological polar surface area (TPSA) is 79.8 Å². The van der Waals surface area contributed by atoms with E-state index in [1.807, 2.05) is 48.5 Å². The van der Waals surface area contributed by atoms with Crippen molar-refractivity contribution in [3.63, 3.8) is 0 Å². The first-order valence-corrected chi connectivity index (χ1v) is 10.4. The summed E-state index contributed by atoms with van der Waals surface area (Å²) in [4.78, 5) is 12.2. The van der Waals surface area contributed by atoms with E-state index in [-0.39, 0.29) is 16.9 Å². The van der Waals surface area contributed by atoms with E-state index in [4.69, 9.17) is 9.47 Å². The molecule has 0 aliphatic heterocycles. The van der Waals surface area contributed by atoms with Gasteiger partial charge in [0.2, 0.25) is 0 Å². The molecular formula is C24H32N2O4. The largest absolute Gasteiger partial charge is 0.451 e. The molecule has 1 aliphatic carbocycles. The van der Waals surface area contributed by atoms with E-state index >= 15 is 0 Å². The predicted molar refractivity (Wildman–Crippen MR) is 116 cm³/mol. The second-order valence-electron chi connectivity index (χ2n) is 9.26. The van der Waals surface area contributed by atoms with Crippen LogP contribution >= 0.6 is 0 Å². The summed E-state index contributed by atoms with van der Waals surface area (Å²) in [5.74, 6) is 1.13. The maximum Gasteiger partial charge on any atom is 0.412 e. The van der Waals surface area contributed by atoms with Crippen LogP contribution in [-0.2, 0) is 0 Å². The number of hydrogen-bond donors (Lipinski definition) is 3. The van der Waals surface area contributed by atoms with Gasteiger partial charge in [-0.1, -0.05) is 57.2 Å². The van der Waals surface area contributed by atoms with Crippen molar-refractivity contribution in [2.45, 2.75) is 52.5 Å². The zero-order valence-corrected chi connectivity index (χ0v) is 17.9. The molecular weight excluding hydrogens is 380 g/mol. The number of carbonyl (C=O) groups is 1. The highest BCUT2D eigenvalue weighted by Crippen LogP contribution is 2.45. The number of rotatable bonds is 7. The first-order valence-electron chi connectivity index (χ1n) is 10.4. The Morgan fingerprint density at radius 1 is 1.03 bits per heavy atom. The fourth-order valence-electron chi connectivity index (χ4n) is 4.67. The lowest BCUT2D eigenvalue weighted by Gasteiger charge is -2.47. The second-order valence-corrected chi connectivity index (χ2v) is 9.26. The molecule has 6 heteroatoms. The Bertz CT molecular complexity index is 812. The highest BCUT2D eigenvalue weighted by atomic mass is 16.6. The van der Waals surface area contributed by atoms with Crippen LogP contribution in [0.3, 0.4) is 0 Å². The van der Waals surface area contributed by atoms with E-state index in [1.54, 1.807) is 12.1 Å². The van der Waals surface area contributed by atoms with Gasteiger partial charge in [0.1, 0.15) is 11.5 Å². The van der Waals surface area contributed by atoms with Gasteiger partial charge in [-0.2, -0.15) is 0 Å². The summed E-state index contributed by atoms with van der Waals surface area (Å²) in [7, 11) is 0. The normalized spacial score (nSPS) is 23.9. The molecule has 0 bridgehead atoms. The second kappa shape index (κ2) is 9.49. The van der Waals surface area contributed by atoms with Gasteiger partial charge in [0.15, 0.2) is 0 Å². The first-order chi connectivity index (χ1) is 14.2. The Labute approximate surface area is 178 Å². The highest BCUT2D eigenvalue weighted by molar-refractivity contribution is 5.70. The molecule has 0 radical (unpaired) electrons. The van der Waals surface area contributed by atoms with Gasteiger partial charge in [-0.05, 0) is 54.4 Å². The van der Waals surface area contributed by atoms with E-state index in [1.165, 1.54) is 0 Å². The molecule has 0 heterocycles. The number of amides is 1. The van der Waals surface area contributed by atoms with Gasteiger partial charge in [0, 0.05) is 12.6 Å². The van der Waals surface area contributed by atoms with E-state index in [2.05, 4.69) is 31.4 Å². The molecule has 3 rings (SSSR count). The number of para-hydroxylation sites is 2. The molecule has 3 atom stereocenters. The monoisotopic (exact) mass is 412 g/mol. The minimum atomic E-state index is -1.09. The Hall–Kier alpha value is -2.57. The van der Waals surface area contributed by atoms with Crippen LogP contribution in [0.5, 0.6) is 11.5 Å². The van der Waals surface area contributed by atoms with E-state index < -0.39 is 12.5 Å². The third-order valence-corrected chi connectivity index (χ3v) is 5.43. The van der Waals surface area contributed by atoms with Gasteiger partial charge in [0.05, 0.1) is 0 Å². The van der Waals surface area contributed by atoms with Crippen molar-refractivity contribution in [2.75, 3.05) is 6.54 Å². The maximum absolute atomic E-state index is 12.2. The molecule has 3 N–H and O–H groups in total. The average Bonchev–Trinajstić information content (AvgIpc) is 2.66. The molecule has 2 aromatic carbocycles. The average molecular weight is 413 g/mol. The number of benzene rings is 2. The number of aliphatic hydroxyl groups excluding tert-OH is 1. The summed E-state index contributed by atoms with van der Waals surface area (Å²) in [6.07, 6.45) is 1.12. The van der Waals surface area contributed by atoms with Crippen LogP contribution in [-0.4, -0.2) is 30.2 Å². The summed E-state index contributed by atoms with van der Waals surface area (Å²) in [6.45, 7) is 7.09. The van der Waals surface area contributed by atoms with Crippen LogP contribution < -0.4 is 20.1 Å². The predicted octanol–water partition coefficient (Wildman–Crippen LogP) is 4.30. The lowest BCUT2D eigenvalue weighted by molar-refractivity contribution is -0.0671. The molecule has 0 spiro atoms. The molecule has 30 heavy (non-hydrogen) atoms. The lowest BCUT2D eigenvalue weighted by Crippen LogP contribution is -2.52. The molecule has 2 aromatic rings. The first kappa shape index (κ1) is 22.1. The third kappa shape index (κ3) is 6.75. The van der Waals surface area contributed by atoms with Crippen molar-refractivity contribution >= 4 is 6.09 Å². The molecule has 3 unspecified atom stereocenters. The lowest BCUT2D eigenvalue weighted by atomic mass is 9.62. The van der Waals surface area contributed by atoms with Crippen molar-refractivity contribution in [1.29, 1.82) is 0 Å². The SMILES string of the molecule is CC1(C)CC(NC(O)Oc2ccccc2)CC(C)(CNC(=O)Oc2ccccc2)C1. The maximum atomic E-state index is 12.2. The van der Waals surface area contributed by atoms with Gasteiger partial charge >= 0.3 is 6.09 Å². The Morgan fingerprint density at radius 2 is 1.63 bits per heavy atom. The molecule has 1 aliphatic rings. The van der Waals surface area contributed by atoms with E-state index in [0.717, 1.165) is 19.3 Å². The number of nitrogens with one attached hydrogen (secondary N) is 2. The minimum absolute atomic E-state index is 0.0577. The van der Waals surface area contributed by atoms with Crippen LogP contribution in [0.25, 0.3) is 0 Å². The fourth-order valence-corrected chi connectivity index (χ4v) is 4.67. The summed E-state index contributed by atoms with van der Waals surface area (Å²) >= 11 is 0. The Morgan fingerprint density at radius 3 is 2.27 bits per heavy atom. The molecule has 162 valence electrons. The van der Waals surface area contributed by atoms with Crippen molar-refractivity contribution in [1.82, 2.24) is 10.6 Å². The fraction of sp³-hybridized carbons (Fsp3) is 0.458. The van der Waals surface area contributed by atoms with Crippen LogP contribution in [0, 0.1) is 10.8 Å². The van der Waals surface area contributed by atoms with Gasteiger partial charge < -0.3 is 19.9 Å². The summed E-state index contributed by atoms with van der Waals surface area (Å²) < 4.78 is 10.9. The van der Waals surface area contributed by atoms with E-state index in [9.17, 15) is 9.90 Å². The van der Waals surface area contributed by atoms with E-state index in [0.29, 0.717) is 18.0 Å². The smallest absolute Gasteiger partial charge is 0.412 e. The molecule has 1 amide bonds. The molecule has 6 nitrogen and oxygen atoms in total.